The van der Waals surface area contributed by atoms with E-state index in [9.17, 15) is 9.59 Å². The normalized spacial score (nSPS) is 11.6. The standard InChI is InChI=1S/C35H27N3O4S/c1-41-28-19-13-24(14-20-28)33(39)36-27-17-21-29(22-18-27)43-32(23-7-3-2-4-8-23)34(40)37-26-15-11-25(12-16-26)35-38-30-9-5-6-10-31(30)42-35/h2-22,32H,1H3,(H,36,39)(H,37,40). The van der Waals surface area contributed by atoms with Crippen LogP contribution in [0.25, 0.3) is 22.6 Å². The molecule has 1 heterocycles. The topological polar surface area (TPSA) is 93.5 Å². The number of aromatic nitrogens is 1. The highest BCUT2D eigenvalue weighted by Gasteiger charge is 2.22. The first-order chi connectivity index (χ1) is 21.1. The zero-order valence-corrected chi connectivity index (χ0v) is 24.0. The predicted molar refractivity (Wildman–Crippen MR) is 171 cm³/mol. The van der Waals surface area contributed by atoms with Crippen LogP contribution in [0.1, 0.15) is 21.2 Å². The Bertz CT molecular complexity index is 1820. The van der Waals surface area contributed by atoms with Gasteiger partial charge in [-0.25, -0.2) is 4.98 Å². The Hall–Kier alpha value is -5.34. The van der Waals surface area contributed by atoms with Gasteiger partial charge in [-0.15, -0.1) is 11.8 Å². The summed E-state index contributed by atoms with van der Waals surface area (Å²) in [4.78, 5) is 31.7. The van der Waals surface area contributed by atoms with Gasteiger partial charge >= 0.3 is 0 Å². The summed E-state index contributed by atoms with van der Waals surface area (Å²) in [7, 11) is 1.58. The number of carbonyl (C=O) groups is 2. The van der Waals surface area contributed by atoms with Gasteiger partial charge in [0.25, 0.3) is 5.91 Å². The van der Waals surface area contributed by atoms with Crippen molar-refractivity contribution in [1.29, 1.82) is 0 Å². The number of anilines is 2. The van der Waals surface area contributed by atoms with Crippen LogP contribution in [0.5, 0.6) is 5.75 Å². The monoisotopic (exact) mass is 585 g/mol. The lowest BCUT2D eigenvalue weighted by molar-refractivity contribution is -0.115. The van der Waals surface area contributed by atoms with Crippen molar-refractivity contribution in [3.8, 4) is 17.2 Å². The van der Waals surface area contributed by atoms with Crippen LogP contribution in [0.4, 0.5) is 11.4 Å². The van der Waals surface area contributed by atoms with E-state index in [0.717, 1.165) is 27.1 Å². The average molecular weight is 586 g/mol. The lowest BCUT2D eigenvalue weighted by Gasteiger charge is -2.17. The van der Waals surface area contributed by atoms with Gasteiger partial charge < -0.3 is 19.8 Å². The molecule has 212 valence electrons. The molecule has 8 heteroatoms. The quantitative estimate of drug-likeness (QED) is 0.166. The zero-order valence-electron chi connectivity index (χ0n) is 23.2. The van der Waals surface area contributed by atoms with Crippen molar-refractivity contribution >= 4 is 46.1 Å². The second-order valence-electron chi connectivity index (χ2n) is 9.67. The largest absolute Gasteiger partial charge is 0.497 e. The fraction of sp³-hybridized carbons (Fsp3) is 0.0571. The Morgan fingerprint density at radius 2 is 1.40 bits per heavy atom. The summed E-state index contributed by atoms with van der Waals surface area (Å²) in [6, 6.07) is 39.1. The minimum absolute atomic E-state index is 0.150. The van der Waals surface area contributed by atoms with E-state index in [1.54, 1.807) is 31.4 Å². The number of benzene rings is 5. The van der Waals surface area contributed by atoms with Crippen molar-refractivity contribution in [3.63, 3.8) is 0 Å². The van der Waals surface area contributed by atoms with E-state index in [1.807, 2.05) is 103 Å². The Morgan fingerprint density at radius 1 is 0.744 bits per heavy atom. The highest BCUT2D eigenvalue weighted by Crippen LogP contribution is 2.37. The molecular formula is C35H27N3O4S. The van der Waals surface area contributed by atoms with Crippen molar-refractivity contribution in [2.75, 3.05) is 17.7 Å². The Morgan fingerprint density at radius 3 is 2.09 bits per heavy atom. The molecule has 6 rings (SSSR count). The summed E-state index contributed by atoms with van der Waals surface area (Å²) in [5, 5.41) is 5.46. The molecule has 2 amide bonds. The molecule has 0 fully saturated rings. The van der Waals surface area contributed by atoms with Gasteiger partial charge in [-0.1, -0.05) is 42.5 Å². The number of amides is 2. The number of nitrogens with zero attached hydrogens (tertiary/aromatic N) is 1. The highest BCUT2D eigenvalue weighted by atomic mass is 32.2. The molecule has 0 aliphatic rings. The van der Waals surface area contributed by atoms with Crippen LogP contribution in [0.2, 0.25) is 0 Å². The molecule has 2 N–H and O–H groups in total. The van der Waals surface area contributed by atoms with Gasteiger partial charge in [0.05, 0.1) is 7.11 Å². The van der Waals surface area contributed by atoms with Crippen LogP contribution >= 0.6 is 11.8 Å². The number of rotatable bonds is 9. The van der Waals surface area contributed by atoms with E-state index >= 15 is 0 Å². The van der Waals surface area contributed by atoms with Crippen LogP contribution in [0, 0.1) is 0 Å². The molecule has 0 aliphatic carbocycles. The Labute approximate surface area is 252 Å². The van der Waals surface area contributed by atoms with Crippen molar-refractivity contribution in [2.24, 2.45) is 0 Å². The van der Waals surface area contributed by atoms with Gasteiger partial charge in [-0.3, -0.25) is 9.59 Å². The lowest BCUT2D eigenvalue weighted by atomic mass is 10.1. The molecule has 1 atom stereocenters. The summed E-state index contributed by atoms with van der Waals surface area (Å²) in [5.74, 6) is 0.849. The van der Waals surface area contributed by atoms with E-state index in [1.165, 1.54) is 11.8 Å². The number of fused-ring (bicyclic) bond motifs is 1. The number of thioether (sulfide) groups is 1. The molecule has 0 saturated carbocycles. The average Bonchev–Trinajstić information content (AvgIpc) is 3.49. The lowest BCUT2D eigenvalue weighted by Crippen LogP contribution is -2.19. The van der Waals surface area contributed by atoms with Gasteiger partial charge in [0.2, 0.25) is 11.8 Å². The molecule has 5 aromatic carbocycles. The third kappa shape index (κ3) is 6.60. The van der Waals surface area contributed by atoms with Gasteiger partial charge in [-0.05, 0) is 90.5 Å². The number of nitrogens with one attached hydrogen (secondary N) is 2. The third-order valence-corrected chi connectivity index (χ3v) is 8.02. The molecule has 6 aromatic rings. The molecule has 0 aliphatic heterocycles. The van der Waals surface area contributed by atoms with Crippen molar-refractivity contribution < 1.29 is 18.7 Å². The van der Waals surface area contributed by atoms with Crippen LogP contribution in [-0.2, 0) is 4.79 Å². The molecular weight excluding hydrogens is 558 g/mol. The molecule has 1 unspecified atom stereocenters. The van der Waals surface area contributed by atoms with E-state index in [2.05, 4.69) is 15.6 Å². The molecule has 43 heavy (non-hydrogen) atoms. The fourth-order valence-electron chi connectivity index (χ4n) is 4.50. The van der Waals surface area contributed by atoms with E-state index < -0.39 is 5.25 Å². The molecule has 1 aromatic heterocycles. The molecule has 0 bridgehead atoms. The van der Waals surface area contributed by atoms with E-state index in [0.29, 0.717) is 28.6 Å². The van der Waals surface area contributed by atoms with Crippen molar-refractivity contribution in [2.45, 2.75) is 10.1 Å². The highest BCUT2D eigenvalue weighted by molar-refractivity contribution is 8.00. The Balaban J connectivity index is 1.14. The maximum absolute atomic E-state index is 13.6. The Kier molecular flexibility index (Phi) is 8.19. The number of ether oxygens (including phenoxy) is 1. The third-order valence-electron chi connectivity index (χ3n) is 6.75. The van der Waals surface area contributed by atoms with E-state index in [-0.39, 0.29) is 11.8 Å². The summed E-state index contributed by atoms with van der Waals surface area (Å²) >= 11 is 1.44. The number of hydrogen-bond donors (Lipinski definition) is 2. The number of hydrogen-bond acceptors (Lipinski definition) is 6. The number of carbonyl (C=O) groups excluding carboxylic acids is 2. The van der Waals surface area contributed by atoms with Crippen LogP contribution in [0.15, 0.2) is 137 Å². The van der Waals surface area contributed by atoms with Gasteiger partial charge in [0, 0.05) is 27.4 Å². The summed E-state index contributed by atoms with van der Waals surface area (Å²) in [6.45, 7) is 0. The second-order valence-corrected chi connectivity index (χ2v) is 10.8. The van der Waals surface area contributed by atoms with Crippen LogP contribution in [-0.4, -0.2) is 23.9 Å². The first-order valence-corrected chi connectivity index (χ1v) is 14.5. The van der Waals surface area contributed by atoms with Crippen LogP contribution in [0.3, 0.4) is 0 Å². The molecule has 0 spiro atoms. The number of para-hydroxylation sites is 2. The molecule has 0 saturated heterocycles. The maximum atomic E-state index is 13.6. The predicted octanol–water partition coefficient (Wildman–Crippen LogP) is 8.23. The smallest absolute Gasteiger partial charge is 0.255 e. The fourth-order valence-corrected chi connectivity index (χ4v) is 5.52. The van der Waals surface area contributed by atoms with Crippen LogP contribution < -0.4 is 15.4 Å². The number of oxazole rings is 1. The summed E-state index contributed by atoms with van der Waals surface area (Å²) in [5.41, 5.74) is 5.08. The molecule has 0 radical (unpaired) electrons. The van der Waals surface area contributed by atoms with Crippen molar-refractivity contribution in [3.05, 3.63) is 139 Å². The van der Waals surface area contributed by atoms with E-state index in [4.69, 9.17) is 9.15 Å². The summed E-state index contributed by atoms with van der Waals surface area (Å²) < 4.78 is 11.0. The summed E-state index contributed by atoms with van der Waals surface area (Å²) in [6.07, 6.45) is 0. The first-order valence-electron chi connectivity index (χ1n) is 13.6. The van der Waals surface area contributed by atoms with Gasteiger partial charge in [0.15, 0.2) is 5.58 Å². The maximum Gasteiger partial charge on any atom is 0.255 e. The zero-order chi connectivity index (χ0) is 29.6. The second kappa shape index (κ2) is 12.7. The van der Waals surface area contributed by atoms with Crippen molar-refractivity contribution in [1.82, 2.24) is 4.98 Å². The SMILES string of the molecule is COc1ccc(C(=O)Nc2ccc(SC(C(=O)Nc3ccc(-c4nc5ccccc5o4)cc3)c3ccccc3)cc2)cc1. The first kappa shape index (κ1) is 27.8. The minimum atomic E-state index is -0.502. The minimum Gasteiger partial charge on any atom is -0.497 e. The van der Waals surface area contributed by atoms with Gasteiger partial charge in [-0.2, -0.15) is 0 Å². The van der Waals surface area contributed by atoms with Gasteiger partial charge in [0.1, 0.15) is 16.5 Å². The number of methoxy groups -OCH3 is 1. The molecule has 7 nitrogen and oxygen atoms in total.